The van der Waals surface area contributed by atoms with Gasteiger partial charge in [-0.1, -0.05) is 0 Å². The van der Waals surface area contributed by atoms with Crippen molar-refractivity contribution in [3.63, 3.8) is 0 Å². The monoisotopic (exact) mass is 194 g/mol. The van der Waals surface area contributed by atoms with Gasteiger partial charge in [0.2, 0.25) is 5.91 Å². The summed E-state index contributed by atoms with van der Waals surface area (Å²) in [7, 11) is 0. The number of hydrogen-bond donors (Lipinski definition) is 2. The van der Waals surface area contributed by atoms with Crippen LogP contribution in [0.3, 0.4) is 0 Å². The molecule has 1 unspecified atom stereocenters. The second-order valence-electron chi connectivity index (χ2n) is 3.62. The highest BCUT2D eigenvalue weighted by molar-refractivity contribution is 5.78. The van der Waals surface area contributed by atoms with Crippen molar-refractivity contribution >= 4 is 5.91 Å². The van der Waals surface area contributed by atoms with Crippen molar-refractivity contribution in [2.24, 2.45) is 11.7 Å². The van der Waals surface area contributed by atoms with Crippen molar-refractivity contribution in [3.05, 3.63) is 18.2 Å². The van der Waals surface area contributed by atoms with Gasteiger partial charge in [0.1, 0.15) is 0 Å². The van der Waals surface area contributed by atoms with Gasteiger partial charge in [0.05, 0.1) is 12.0 Å². The van der Waals surface area contributed by atoms with E-state index in [0.29, 0.717) is 18.9 Å². The lowest BCUT2D eigenvalue weighted by Gasteiger charge is -2.10. The number of carbonyl (C=O) groups is 1. The predicted octanol–water partition coefficient (Wildman–Crippen LogP) is -0.522. The summed E-state index contributed by atoms with van der Waals surface area (Å²) >= 11 is 0. The molecule has 0 aromatic carbocycles. The van der Waals surface area contributed by atoms with E-state index in [1.807, 2.05) is 4.57 Å². The van der Waals surface area contributed by atoms with Crippen LogP contribution in [0.2, 0.25) is 0 Å². The Morgan fingerprint density at radius 3 is 3.21 bits per heavy atom. The summed E-state index contributed by atoms with van der Waals surface area (Å²) in [4.78, 5) is 15.0. The summed E-state index contributed by atoms with van der Waals surface area (Å²) in [6.07, 6.45) is 4.15. The molecule has 76 valence electrons. The van der Waals surface area contributed by atoms with Crippen LogP contribution < -0.4 is 11.1 Å². The number of amides is 1. The molecule has 5 nitrogen and oxygen atoms in total. The molecule has 14 heavy (non-hydrogen) atoms. The minimum atomic E-state index is 0.143. The first kappa shape index (κ1) is 9.21. The summed E-state index contributed by atoms with van der Waals surface area (Å²) in [5.41, 5.74) is 6.57. The van der Waals surface area contributed by atoms with E-state index in [1.165, 1.54) is 0 Å². The summed E-state index contributed by atoms with van der Waals surface area (Å²) < 4.78 is 2.02. The maximum atomic E-state index is 11.0. The molecule has 0 saturated carbocycles. The van der Waals surface area contributed by atoms with Gasteiger partial charge >= 0.3 is 0 Å². The van der Waals surface area contributed by atoms with Crippen molar-refractivity contribution < 1.29 is 4.79 Å². The fourth-order valence-corrected chi connectivity index (χ4v) is 1.75. The van der Waals surface area contributed by atoms with Gasteiger partial charge in [0.15, 0.2) is 0 Å². The lowest BCUT2D eigenvalue weighted by Crippen LogP contribution is -2.17. The van der Waals surface area contributed by atoms with Gasteiger partial charge in [-0.2, -0.15) is 0 Å². The summed E-state index contributed by atoms with van der Waals surface area (Å²) in [6.45, 7) is 2.08. The number of carbonyl (C=O) groups excluding carboxylic acids is 1. The van der Waals surface area contributed by atoms with Crippen molar-refractivity contribution in [2.45, 2.75) is 19.5 Å². The van der Waals surface area contributed by atoms with Crippen molar-refractivity contribution in [3.8, 4) is 0 Å². The van der Waals surface area contributed by atoms with Gasteiger partial charge in [-0.05, 0) is 0 Å². The molecule has 1 fully saturated rings. The zero-order valence-corrected chi connectivity index (χ0v) is 7.94. The Balaban J connectivity index is 2.00. The summed E-state index contributed by atoms with van der Waals surface area (Å²) in [6, 6.07) is 0. The lowest BCUT2D eigenvalue weighted by molar-refractivity contribution is -0.119. The SMILES string of the molecule is NCc1cncn1CC1CNC(=O)C1. The molecule has 1 aliphatic rings. The summed E-state index contributed by atoms with van der Waals surface area (Å²) in [5.74, 6) is 0.520. The first-order valence-electron chi connectivity index (χ1n) is 4.75. The molecule has 0 radical (unpaired) electrons. The van der Waals surface area contributed by atoms with Crippen LogP contribution in [0.4, 0.5) is 0 Å². The van der Waals surface area contributed by atoms with E-state index < -0.39 is 0 Å². The number of nitrogens with one attached hydrogen (secondary N) is 1. The molecule has 0 aliphatic carbocycles. The van der Waals surface area contributed by atoms with Crippen LogP contribution in [0.15, 0.2) is 12.5 Å². The maximum Gasteiger partial charge on any atom is 0.220 e. The van der Waals surface area contributed by atoms with Crippen LogP contribution in [0, 0.1) is 5.92 Å². The molecule has 2 rings (SSSR count). The molecule has 1 amide bonds. The normalized spacial score (nSPS) is 21.2. The fourth-order valence-electron chi connectivity index (χ4n) is 1.75. The first-order chi connectivity index (χ1) is 6.79. The Hall–Kier alpha value is -1.36. The maximum absolute atomic E-state index is 11.0. The highest BCUT2D eigenvalue weighted by Gasteiger charge is 2.21. The molecular weight excluding hydrogens is 180 g/mol. The average Bonchev–Trinajstić information content (AvgIpc) is 2.76. The van der Waals surface area contributed by atoms with E-state index in [0.717, 1.165) is 18.8 Å². The van der Waals surface area contributed by atoms with Crippen LogP contribution >= 0.6 is 0 Å². The molecule has 2 heterocycles. The van der Waals surface area contributed by atoms with Gasteiger partial charge in [-0.3, -0.25) is 4.79 Å². The third-order valence-corrected chi connectivity index (χ3v) is 2.52. The van der Waals surface area contributed by atoms with E-state index in [-0.39, 0.29) is 5.91 Å². The molecule has 1 atom stereocenters. The minimum Gasteiger partial charge on any atom is -0.356 e. The largest absolute Gasteiger partial charge is 0.356 e. The lowest BCUT2D eigenvalue weighted by atomic mass is 10.1. The third-order valence-electron chi connectivity index (χ3n) is 2.52. The minimum absolute atomic E-state index is 0.143. The van der Waals surface area contributed by atoms with Crippen LogP contribution in [0.1, 0.15) is 12.1 Å². The Morgan fingerprint density at radius 1 is 1.71 bits per heavy atom. The topological polar surface area (TPSA) is 72.9 Å². The number of hydrogen-bond acceptors (Lipinski definition) is 3. The standard InChI is InChI=1S/C9H14N4O/c10-2-8-4-11-6-13(8)5-7-1-9(14)12-3-7/h4,6-7H,1-3,5,10H2,(H,12,14). The van der Waals surface area contributed by atoms with Crippen LogP contribution in [0.5, 0.6) is 0 Å². The molecule has 1 saturated heterocycles. The van der Waals surface area contributed by atoms with Gasteiger partial charge < -0.3 is 15.6 Å². The zero-order chi connectivity index (χ0) is 9.97. The Bertz CT molecular complexity index is 333. The fraction of sp³-hybridized carbons (Fsp3) is 0.556. The Kier molecular flexibility index (Phi) is 2.49. The Morgan fingerprint density at radius 2 is 2.57 bits per heavy atom. The Labute approximate surface area is 82.3 Å². The van der Waals surface area contributed by atoms with Crippen LogP contribution in [-0.2, 0) is 17.9 Å². The molecule has 1 aromatic heterocycles. The average molecular weight is 194 g/mol. The molecule has 3 N–H and O–H groups in total. The van der Waals surface area contributed by atoms with Gasteiger partial charge in [-0.15, -0.1) is 0 Å². The second-order valence-corrected chi connectivity index (χ2v) is 3.62. The number of imidazole rings is 1. The van der Waals surface area contributed by atoms with Gasteiger partial charge in [0.25, 0.3) is 0 Å². The molecule has 1 aromatic rings. The van der Waals surface area contributed by atoms with E-state index >= 15 is 0 Å². The molecule has 5 heteroatoms. The number of nitrogens with zero attached hydrogens (tertiary/aromatic N) is 2. The van der Waals surface area contributed by atoms with E-state index in [4.69, 9.17) is 5.73 Å². The number of rotatable bonds is 3. The van der Waals surface area contributed by atoms with E-state index in [1.54, 1.807) is 12.5 Å². The first-order valence-corrected chi connectivity index (χ1v) is 4.75. The highest BCUT2D eigenvalue weighted by atomic mass is 16.1. The quantitative estimate of drug-likeness (QED) is 0.680. The molecule has 0 bridgehead atoms. The second kappa shape index (κ2) is 3.79. The van der Waals surface area contributed by atoms with E-state index in [9.17, 15) is 4.79 Å². The molecular formula is C9H14N4O. The number of aromatic nitrogens is 2. The summed E-state index contributed by atoms with van der Waals surface area (Å²) in [5, 5.41) is 2.82. The van der Waals surface area contributed by atoms with Crippen molar-refractivity contribution in [1.82, 2.24) is 14.9 Å². The highest BCUT2D eigenvalue weighted by Crippen LogP contribution is 2.12. The predicted molar refractivity (Wildman–Crippen MR) is 51.2 cm³/mol. The van der Waals surface area contributed by atoms with Crippen LogP contribution in [-0.4, -0.2) is 22.0 Å². The van der Waals surface area contributed by atoms with Gasteiger partial charge in [0, 0.05) is 38.2 Å². The zero-order valence-electron chi connectivity index (χ0n) is 7.94. The molecule has 0 spiro atoms. The van der Waals surface area contributed by atoms with E-state index in [2.05, 4.69) is 10.3 Å². The van der Waals surface area contributed by atoms with Gasteiger partial charge in [-0.25, -0.2) is 4.98 Å². The third kappa shape index (κ3) is 1.77. The van der Waals surface area contributed by atoms with Crippen molar-refractivity contribution in [1.29, 1.82) is 0 Å². The van der Waals surface area contributed by atoms with Crippen LogP contribution in [0.25, 0.3) is 0 Å². The smallest absolute Gasteiger partial charge is 0.220 e. The van der Waals surface area contributed by atoms with Crippen molar-refractivity contribution in [2.75, 3.05) is 6.54 Å². The molecule has 1 aliphatic heterocycles. The number of nitrogens with two attached hydrogens (primary N) is 1.